The van der Waals surface area contributed by atoms with Crippen molar-refractivity contribution in [1.82, 2.24) is 14.7 Å². The second-order valence-corrected chi connectivity index (χ2v) is 11.0. The van der Waals surface area contributed by atoms with E-state index in [4.69, 9.17) is 14.0 Å². The van der Waals surface area contributed by atoms with E-state index in [0.717, 1.165) is 24.8 Å². The Balaban J connectivity index is 1.61. The molecule has 0 N–H and O–H groups in total. The average Bonchev–Trinajstić information content (AvgIpc) is 3.07. The van der Waals surface area contributed by atoms with Crippen LogP contribution in [0.15, 0.2) is 12.4 Å². The molecule has 0 radical (unpaired) electrons. The topological polar surface area (TPSA) is 65.8 Å². The summed E-state index contributed by atoms with van der Waals surface area (Å²) in [7, 11) is -0.393. The number of aromatic nitrogens is 2. The van der Waals surface area contributed by atoms with E-state index in [2.05, 4.69) is 46.6 Å². The first-order valence-corrected chi connectivity index (χ1v) is 11.1. The van der Waals surface area contributed by atoms with Gasteiger partial charge in [0.1, 0.15) is 5.60 Å². The van der Waals surface area contributed by atoms with Crippen LogP contribution in [0, 0.1) is 5.92 Å². The van der Waals surface area contributed by atoms with Gasteiger partial charge >= 0.3 is 13.2 Å². The van der Waals surface area contributed by atoms with Gasteiger partial charge in [0, 0.05) is 36.5 Å². The molecule has 2 aliphatic rings. The maximum atomic E-state index is 12.6. The van der Waals surface area contributed by atoms with Gasteiger partial charge in [-0.25, -0.2) is 4.79 Å². The molecule has 7 nitrogen and oxygen atoms in total. The van der Waals surface area contributed by atoms with Gasteiger partial charge in [-0.2, -0.15) is 5.10 Å². The van der Waals surface area contributed by atoms with Crippen molar-refractivity contribution in [2.24, 2.45) is 5.92 Å². The van der Waals surface area contributed by atoms with Gasteiger partial charge in [-0.1, -0.05) is 0 Å². The van der Waals surface area contributed by atoms with E-state index >= 15 is 0 Å². The number of likely N-dealkylation sites (tertiary alicyclic amines) is 1. The molecule has 3 rings (SSSR count). The third-order valence-corrected chi connectivity index (χ3v) is 6.53. The number of nitrogens with zero attached hydrogens (tertiary/aromatic N) is 3. The second kappa shape index (κ2) is 7.86. The molecule has 1 amide bonds. The van der Waals surface area contributed by atoms with Crippen molar-refractivity contribution in [2.45, 2.75) is 111 Å². The fourth-order valence-electron chi connectivity index (χ4n) is 4.39. The fraction of sp³-hybridized carbons (Fsp3) is 0.818. The summed E-state index contributed by atoms with van der Waals surface area (Å²) in [6.07, 6.45) is 5.50. The number of rotatable bonds is 3. The van der Waals surface area contributed by atoms with E-state index in [0.29, 0.717) is 5.92 Å². The molecule has 3 heterocycles. The molecule has 1 aromatic heterocycles. The molecular formula is C22H38BN3O4. The Morgan fingerprint density at radius 2 is 1.70 bits per heavy atom. The standard InChI is InChI=1S/C22H38BN3O4/c1-15-10-17(11-16(2)26(15)19(27)28-20(3,4)5)13-25-14-18(12-24-25)23-29-21(6,7)22(8,9)30-23/h12,14-17H,10-11,13H2,1-9H3/t15-,16?,17?/m0/s1. The van der Waals surface area contributed by atoms with Gasteiger partial charge in [-0.3, -0.25) is 4.68 Å². The third-order valence-electron chi connectivity index (χ3n) is 6.53. The summed E-state index contributed by atoms with van der Waals surface area (Å²) in [5, 5.41) is 4.55. The van der Waals surface area contributed by atoms with Crippen LogP contribution in [-0.4, -0.2) is 56.8 Å². The number of carbonyl (C=O) groups is 1. The Morgan fingerprint density at radius 1 is 1.17 bits per heavy atom. The molecule has 2 aliphatic heterocycles. The number of hydrogen-bond acceptors (Lipinski definition) is 5. The molecule has 1 aromatic rings. The van der Waals surface area contributed by atoms with Gasteiger partial charge < -0.3 is 18.9 Å². The van der Waals surface area contributed by atoms with Crippen LogP contribution in [0.3, 0.4) is 0 Å². The summed E-state index contributed by atoms with van der Waals surface area (Å²) >= 11 is 0. The minimum absolute atomic E-state index is 0.131. The zero-order valence-electron chi connectivity index (χ0n) is 20.1. The van der Waals surface area contributed by atoms with Gasteiger partial charge in [0.05, 0.1) is 11.2 Å². The Bertz CT molecular complexity index is 743. The fourth-order valence-corrected chi connectivity index (χ4v) is 4.39. The highest BCUT2D eigenvalue weighted by atomic mass is 16.7. The van der Waals surface area contributed by atoms with E-state index in [1.54, 1.807) is 0 Å². The molecule has 0 bridgehead atoms. The molecule has 0 aliphatic carbocycles. The van der Waals surface area contributed by atoms with Crippen LogP contribution < -0.4 is 5.46 Å². The van der Waals surface area contributed by atoms with Crippen molar-refractivity contribution in [3.8, 4) is 0 Å². The molecule has 0 aromatic carbocycles. The first-order chi connectivity index (χ1) is 13.7. The zero-order valence-corrected chi connectivity index (χ0v) is 20.1. The number of hydrogen-bond donors (Lipinski definition) is 0. The minimum Gasteiger partial charge on any atom is -0.444 e. The van der Waals surface area contributed by atoms with Gasteiger partial charge in [0.15, 0.2) is 0 Å². The smallest absolute Gasteiger partial charge is 0.444 e. The minimum atomic E-state index is -0.480. The monoisotopic (exact) mass is 419 g/mol. The molecular weight excluding hydrogens is 381 g/mol. The van der Waals surface area contributed by atoms with Gasteiger partial charge in [-0.05, 0) is 81.1 Å². The molecule has 3 atom stereocenters. The Hall–Kier alpha value is -1.54. The predicted molar refractivity (Wildman–Crippen MR) is 118 cm³/mol. The largest absolute Gasteiger partial charge is 0.498 e. The van der Waals surface area contributed by atoms with Crippen LogP contribution in [0.2, 0.25) is 0 Å². The summed E-state index contributed by atoms with van der Waals surface area (Å²) in [4.78, 5) is 14.5. The van der Waals surface area contributed by atoms with Gasteiger partial charge in [0.2, 0.25) is 0 Å². The van der Waals surface area contributed by atoms with Crippen LogP contribution in [0.4, 0.5) is 4.79 Å². The first kappa shape index (κ1) is 23.1. The van der Waals surface area contributed by atoms with Crippen LogP contribution in [-0.2, 0) is 20.6 Å². The Morgan fingerprint density at radius 3 is 2.20 bits per heavy atom. The molecule has 2 fully saturated rings. The lowest BCUT2D eigenvalue weighted by atomic mass is 9.82. The number of amides is 1. The van der Waals surface area contributed by atoms with Gasteiger partial charge in [-0.15, -0.1) is 0 Å². The molecule has 168 valence electrons. The summed E-state index contributed by atoms with van der Waals surface area (Å²) < 4.78 is 19.9. The lowest BCUT2D eigenvalue weighted by molar-refractivity contribution is -0.00865. The highest BCUT2D eigenvalue weighted by molar-refractivity contribution is 6.61. The SMILES string of the molecule is CC1CC(Cn2cc(B3OC(C)(C)C(C)(C)O3)cn2)C[C@H](C)N1C(=O)OC(C)(C)C. The molecule has 8 heteroatoms. The Labute approximate surface area is 181 Å². The number of ether oxygens (including phenoxy) is 1. The van der Waals surface area contributed by atoms with Crippen molar-refractivity contribution in [3.05, 3.63) is 12.4 Å². The summed E-state index contributed by atoms with van der Waals surface area (Å²) in [6, 6.07) is 0.262. The molecule has 2 unspecified atom stereocenters. The van der Waals surface area contributed by atoms with E-state index in [1.165, 1.54) is 0 Å². The van der Waals surface area contributed by atoms with E-state index < -0.39 is 12.7 Å². The van der Waals surface area contributed by atoms with Crippen molar-refractivity contribution in [2.75, 3.05) is 0 Å². The summed E-state index contributed by atoms with van der Waals surface area (Å²) in [5.41, 5.74) is -0.258. The normalized spacial score (nSPS) is 28.6. The highest BCUT2D eigenvalue weighted by Gasteiger charge is 2.52. The lowest BCUT2D eigenvalue weighted by Gasteiger charge is -2.42. The first-order valence-electron chi connectivity index (χ1n) is 11.1. The van der Waals surface area contributed by atoms with Crippen LogP contribution in [0.25, 0.3) is 0 Å². The van der Waals surface area contributed by atoms with E-state index in [1.807, 2.05) is 42.7 Å². The van der Waals surface area contributed by atoms with E-state index in [9.17, 15) is 4.79 Å². The average molecular weight is 419 g/mol. The highest BCUT2D eigenvalue weighted by Crippen LogP contribution is 2.36. The van der Waals surface area contributed by atoms with Crippen molar-refractivity contribution < 1.29 is 18.8 Å². The van der Waals surface area contributed by atoms with Crippen LogP contribution in [0.5, 0.6) is 0 Å². The molecule has 2 saturated heterocycles. The van der Waals surface area contributed by atoms with Crippen molar-refractivity contribution >= 4 is 18.7 Å². The van der Waals surface area contributed by atoms with Crippen molar-refractivity contribution in [1.29, 1.82) is 0 Å². The van der Waals surface area contributed by atoms with Gasteiger partial charge in [0.25, 0.3) is 0 Å². The Kier molecular flexibility index (Phi) is 6.06. The zero-order chi connectivity index (χ0) is 22.5. The van der Waals surface area contributed by atoms with Crippen LogP contribution in [0.1, 0.15) is 75.2 Å². The summed E-state index contributed by atoms with van der Waals surface area (Å²) in [6.45, 7) is 19.0. The quantitative estimate of drug-likeness (QED) is 0.701. The maximum Gasteiger partial charge on any atom is 0.498 e. The number of piperidine rings is 1. The van der Waals surface area contributed by atoms with Crippen molar-refractivity contribution in [3.63, 3.8) is 0 Å². The summed E-state index contributed by atoms with van der Waals surface area (Å²) in [5.74, 6) is 0.444. The number of carbonyl (C=O) groups excluding carboxylic acids is 1. The second-order valence-electron chi connectivity index (χ2n) is 11.0. The van der Waals surface area contributed by atoms with E-state index in [-0.39, 0.29) is 29.4 Å². The molecule has 30 heavy (non-hydrogen) atoms. The maximum absolute atomic E-state index is 12.6. The molecule has 0 saturated carbocycles. The molecule has 0 spiro atoms. The lowest BCUT2D eigenvalue weighted by Crippen LogP contribution is -2.51. The predicted octanol–water partition coefficient (Wildman–Crippen LogP) is 3.61. The van der Waals surface area contributed by atoms with Crippen LogP contribution >= 0.6 is 0 Å². The third kappa shape index (κ3) is 4.85.